The summed E-state index contributed by atoms with van der Waals surface area (Å²) in [5, 5.41) is 10.4. The van der Waals surface area contributed by atoms with Crippen LogP contribution in [-0.4, -0.2) is 38.0 Å². The van der Waals surface area contributed by atoms with Crippen LogP contribution >= 0.6 is 11.8 Å². The van der Waals surface area contributed by atoms with E-state index in [1.54, 1.807) is 0 Å². The van der Waals surface area contributed by atoms with Crippen LogP contribution in [0.3, 0.4) is 0 Å². The van der Waals surface area contributed by atoms with Gasteiger partial charge in [-0.05, 0) is 48.6 Å². The molecule has 0 saturated carbocycles. The molecule has 2 aromatic heterocycles. The molecule has 4 aromatic rings. The van der Waals surface area contributed by atoms with Gasteiger partial charge in [0.2, 0.25) is 11.1 Å². The van der Waals surface area contributed by atoms with Crippen LogP contribution < -0.4 is 4.90 Å². The van der Waals surface area contributed by atoms with Gasteiger partial charge in [0.1, 0.15) is 5.52 Å². The topological polar surface area (TPSA) is 63.9 Å². The number of rotatable bonds is 4. The Bertz CT molecular complexity index is 1270. The summed E-state index contributed by atoms with van der Waals surface area (Å²) >= 11 is 1.35. The van der Waals surface area contributed by atoms with E-state index in [2.05, 4.69) is 41.4 Å². The number of anilines is 1. The molecule has 5 rings (SSSR count). The summed E-state index contributed by atoms with van der Waals surface area (Å²) in [5.41, 5.74) is 6.23. The maximum Gasteiger partial charge on any atom is 0.237 e. The van der Waals surface area contributed by atoms with Crippen molar-refractivity contribution in [3.05, 3.63) is 53.6 Å². The van der Waals surface area contributed by atoms with Crippen molar-refractivity contribution in [3.63, 3.8) is 0 Å². The molecule has 0 bridgehead atoms. The van der Waals surface area contributed by atoms with Gasteiger partial charge in [-0.2, -0.15) is 0 Å². The number of carbonyl (C=O) groups excluding carboxylic acids is 1. The van der Waals surface area contributed by atoms with Crippen molar-refractivity contribution in [2.24, 2.45) is 7.05 Å². The molecule has 1 aliphatic rings. The van der Waals surface area contributed by atoms with E-state index in [-0.39, 0.29) is 5.91 Å². The van der Waals surface area contributed by atoms with Crippen LogP contribution in [-0.2, 0) is 24.7 Å². The fraction of sp³-hybridized carbons (Fsp3) is 0.304. The number of nitrogens with zero attached hydrogens (tertiary/aromatic N) is 5. The van der Waals surface area contributed by atoms with E-state index in [9.17, 15) is 4.79 Å². The maximum absolute atomic E-state index is 12.9. The molecule has 0 unspecified atom stereocenters. The maximum atomic E-state index is 12.9. The van der Waals surface area contributed by atoms with E-state index in [4.69, 9.17) is 4.98 Å². The van der Waals surface area contributed by atoms with Gasteiger partial charge in [0.15, 0.2) is 5.65 Å². The van der Waals surface area contributed by atoms with Crippen molar-refractivity contribution in [2.75, 3.05) is 17.2 Å². The number of hydrogen-bond donors (Lipinski definition) is 0. The van der Waals surface area contributed by atoms with Gasteiger partial charge in [0.25, 0.3) is 0 Å². The Labute approximate surface area is 179 Å². The van der Waals surface area contributed by atoms with E-state index in [1.807, 2.05) is 34.7 Å². The van der Waals surface area contributed by atoms with E-state index < -0.39 is 0 Å². The van der Waals surface area contributed by atoms with Crippen molar-refractivity contribution >= 4 is 45.4 Å². The number of aromatic nitrogens is 4. The van der Waals surface area contributed by atoms with Gasteiger partial charge in [-0.1, -0.05) is 43.0 Å². The molecule has 1 amide bonds. The molecule has 2 aromatic carbocycles. The molecule has 6 nitrogen and oxygen atoms in total. The highest BCUT2D eigenvalue weighted by Crippen LogP contribution is 2.29. The Balaban J connectivity index is 1.39. The zero-order valence-corrected chi connectivity index (χ0v) is 17.9. The predicted molar refractivity (Wildman–Crippen MR) is 121 cm³/mol. The first-order valence-corrected chi connectivity index (χ1v) is 11.3. The second-order valence-corrected chi connectivity index (χ2v) is 8.54. The third-order valence-electron chi connectivity index (χ3n) is 5.79. The number of para-hydroxylation sites is 1. The summed E-state index contributed by atoms with van der Waals surface area (Å²) in [6.45, 7) is 2.90. The SMILES string of the molecule is CCc1ccc2c(c1)c1nnc(SCC(=O)N3CCCc4ccccc43)nc1n2C. The third kappa shape index (κ3) is 3.23. The minimum atomic E-state index is 0.0838. The number of benzene rings is 2. The third-order valence-corrected chi connectivity index (χ3v) is 6.61. The van der Waals surface area contributed by atoms with Crippen LogP contribution in [0.5, 0.6) is 0 Å². The monoisotopic (exact) mass is 417 g/mol. The first-order chi connectivity index (χ1) is 14.7. The lowest BCUT2D eigenvalue weighted by Gasteiger charge is -2.29. The number of amides is 1. The molecule has 0 N–H and O–H groups in total. The highest BCUT2D eigenvalue weighted by Gasteiger charge is 2.22. The van der Waals surface area contributed by atoms with Gasteiger partial charge in [0.05, 0.1) is 11.3 Å². The average Bonchev–Trinajstić information content (AvgIpc) is 3.08. The summed E-state index contributed by atoms with van der Waals surface area (Å²) in [7, 11) is 2.00. The molecule has 1 aliphatic heterocycles. The van der Waals surface area contributed by atoms with Crippen LogP contribution in [0.15, 0.2) is 47.6 Å². The van der Waals surface area contributed by atoms with Crippen molar-refractivity contribution in [1.29, 1.82) is 0 Å². The minimum Gasteiger partial charge on any atom is -0.327 e. The van der Waals surface area contributed by atoms with Crippen molar-refractivity contribution < 1.29 is 4.79 Å². The van der Waals surface area contributed by atoms with Crippen LogP contribution in [0.2, 0.25) is 0 Å². The molecule has 3 heterocycles. The lowest BCUT2D eigenvalue weighted by atomic mass is 10.0. The van der Waals surface area contributed by atoms with Gasteiger partial charge in [-0.15, -0.1) is 10.2 Å². The Morgan fingerprint density at radius 3 is 2.90 bits per heavy atom. The molecule has 0 aliphatic carbocycles. The lowest BCUT2D eigenvalue weighted by molar-refractivity contribution is -0.116. The number of aryl methyl sites for hydroxylation is 3. The fourth-order valence-corrected chi connectivity index (χ4v) is 4.83. The van der Waals surface area contributed by atoms with Gasteiger partial charge in [-0.3, -0.25) is 4.79 Å². The fourth-order valence-electron chi connectivity index (χ4n) is 4.17. The molecule has 7 heteroatoms. The second-order valence-electron chi connectivity index (χ2n) is 7.60. The molecule has 152 valence electrons. The Hall–Kier alpha value is -2.93. The molecule has 0 atom stereocenters. The average molecular weight is 418 g/mol. The van der Waals surface area contributed by atoms with Gasteiger partial charge in [0, 0.05) is 24.7 Å². The molecular weight excluding hydrogens is 394 g/mol. The predicted octanol–water partition coefficient (Wildman–Crippen LogP) is 4.15. The van der Waals surface area contributed by atoms with Crippen LogP contribution in [0.4, 0.5) is 5.69 Å². The largest absolute Gasteiger partial charge is 0.327 e. The van der Waals surface area contributed by atoms with Crippen molar-refractivity contribution in [3.8, 4) is 0 Å². The standard InChI is InChI=1S/C23H23N5OS/c1-3-15-10-11-19-17(13-15)21-22(27(19)2)24-23(26-25-21)30-14-20(29)28-12-6-8-16-7-4-5-9-18(16)28/h4-5,7,9-11,13H,3,6,8,12,14H2,1-2H3. The number of thioether (sulfide) groups is 1. The smallest absolute Gasteiger partial charge is 0.237 e. The molecule has 0 fully saturated rings. The molecule has 30 heavy (non-hydrogen) atoms. The first kappa shape index (κ1) is 19.1. The van der Waals surface area contributed by atoms with Gasteiger partial charge < -0.3 is 9.47 Å². The van der Waals surface area contributed by atoms with Crippen LogP contribution in [0, 0.1) is 0 Å². The van der Waals surface area contributed by atoms with Crippen molar-refractivity contribution in [1.82, 2.24) is 19.7 Å². The molecule has 0 radical (unpaired) electrons. The summed E-state index contributed by atoms with van der Waals surface area (Å²) in [5.74, 6) is 0.381. The molecule has 0 saturated heterocycles. The van der Waals surface area contributed by atoms with E-state index in [0.717, 1.165) is 53.6 Å². The zero-order chi connectivity index (χ0) is 20.7. The lowest BCUT2D eigenvalue weighted by Crippen LogP contribution is -2.36. The van der Waals surface area contributed by atoms with E-state index >= 15 is 0 Å². The van der Waals surface area contributed by atoms with Gasteiger partial charge >= 0.3 is 0 Å². The minimum absolute atomic E-state index is 0.0838. The normalized spacial score (nSPS) is 13.7. The number of carbonyl (C=O) groups is 1. The van der Waals surface area contributed by atoms with E-state index in [0.29, 0.717) is 10.9 Å². The Morgan fingerprint density at radius 1 is 1.17 bits per heavy atom. The van der Waals surface area contributed by atoms with Crippen LogP contribution in [0.25, 0.3) is 22.1 Å². The second kappa shape index (κ2) is 7.72. The summed E-state index contributed by atoms with van der Waals surface area (Å²) in [6.07, 6.45) is 2.99. The molecule has 0 spiro atoms. The zero-order valence-electron chi connectivity index (χ0n) is 17.1. The summed E-state index contributed by atoms with van der Waals surface area (Å²) < 4.78 is 2.05. The highest BCUT2D eigenvalue weighted by molar-refractivity contribution is 7.99. The van der Waals surface area contributed by atoms with Crippen LogP contribution in [0.1, 0.15) is 24.5 Å². The van der Waals surface area contributed by atoms with Crippen molar-refractivity contribution in [2.45, 2.75) is 31.3 Å². The van der Waals surface area contributed by atoms with E-state index in [1.165, 1.54) is 22.9 Å². The van der Waals surface area contributed by atoms with Gasteiger partial charge in [-0.25, -0.2) is 4.98 Å². The quantitative estimate of drug-likeness (QED) is 0.467. The Kier molecular flexibility index (Phi) is 4.90. The first-order valence-electron chi connectivity index (χ1n) is 10.3. The summed E-state index contributed by atoms with van der Waals surface area (Å²) in [6, 6.07) is 14.6. The summed E-state index contributed by atoms with van der Waals surface area (Å²) in [4.78, 5) is 19.5. The molecular formula is C23H23N5OS. The Morgan fingerprint density at radius 2 is 2.03 bits per heavy atom. The number of hydrogen-bond acceptors (Lipinski definition) is 5. The number of fused-ring (bicyclic) bond motifs is 4. The highest BCUT2D eigenvalue weighted by atomic mass is 32.2.